The van der Waals surface area contributed by atoms with Crippen LogP contribution in [0.4, 0.5) is 0 Å². The van der Waals surface area contributed by atoms with Crippen molar-refractivity contribution >= 4 is 15.9 Å². The Balaban J connectivity index is 1.90. The molecule has 0 spiro atoms. The molecule has 5 heteroatoms. The van der Waals surface area contributed by atoms with Gasteiger partial charge in [0.05, 0.1) is 23.3 Å². The Morgan fingerprint density at radius 2 is 2.57 bits per heavy atom. The van der Waals surface area contributed by atoms with Crippen LogP contribution in [0.15, 0.2) is 16.9 Å². The van der Waals surface area contributed by atoms with E-state index in [2.05, 4.69) is 32.4 Å². The number of rotatable bonds is 4. The highest BCUT2D eigenvalue weighted by Crippen LogP contribution is 2.19. The maximum absolute atomic E-state index is 8.91. The fraction of sp³-hybridized carbons (Fsp3) is 0.556. The first-order valence-corrected chi connectivity index (χ1v) is 5.41. The summed E-state index contributed by atoms with van der Waals surface area (Å²) in [5.74, 6) is 0. The van der Waals surface area contributed by atoms with Crippen molar-refractivity contribution < 1.29 is 0 Å². The van der Waals surface area contributed by atoms with Crippen molar-refractivity contribution in [2.75, 3.05) is 0 Å². The van der Waals surface area contributed by atoms with Crippen LogP contribution in [0.3, 0.4) is 0 Å². The molecule has 74 valence electrons. The molecule has 0 saturated heterocycles. The monoisotopic (exact) mass is 254 g/mol. The van der Waals surface area contributed by atoms with Crippen LogP contribution in [0, 0.1) is 11.3 Å². The van der Waals surface area contributed by atoms with Crippen molar-refractivity contribution in [3.8, 4) is 6.07 Å². The largest absolute Gasteiger partial charge is 0.298 e. The van der Waals surface area contributed by atoms with Crippen LogP contribution in [-0.4, -0.2) is 21.9 Å². The molecule has 0 radical (unpaired) electrons. The first-order chi connectivity index (χ1) is 6.78. The van der Waals surface area contributed by atoms with E-state index in [1.807, 2.05) is 6.20 Å². The standard InChI is InChI=1S/C9H11BrN4/c10-7-4-12-14(5-7)6-9(3-11)13-8-1-2-8/h4-5,8-9,13H,1-2,6H2. The van der Waals surface area contributed by atoms with Gasteiger partial charge in [-0.1, -0.05) is 0 Å². The molecular weight excluding hydrogens is 244 g/mol. The summed E-state index contributed by atoms with van der Waals surface area (Å²) in [5.41, 5.74) is 0. The SMILES string of the molecule is N#CC(Cn1cc(Br)cn1)NC1CC1. The van der Waals surface area contributed by atoms with Gasteiger partial charge in [-0.2, -0.15) is 10.4 Å². The highest BCUT2D eigenvalue weighted by molar-refractivity contribution is 9.10. The van der Waals surface area contributed by atoms with E-state index >= 15 is 0 Å². The fourth-order valence-electron chi connectivity index (χ4n) is 1.29. The van der Waals surface area contributed by atoms with E-state index in [-0.39, 0.29) is 6.04 Å². The normalized spacial score (nSPS) is 17.7. The van der Waals surface area contributed by atoms with E-state index < -0.39 is 0 Å². The Labute approximate surface area is 91.0 Å². The third-order valence-electron chi connectivity index (χ3n) is 2.14. The maximum Gasteiger partial charge on any atom is 0.115 e. The minimum atomic E-state index is -0.130. The van der Waals surface area contributed by atoms with Gasteiger partial charge in [0, 0.05) is 12.2 Å². The Morgan fingerprint density at radius 3 is 3.07 bits per heavy atom. The average molecular weight is 255 g/mol. The lowest BCUT2D eigenvalue weighted by Crippen LogP contribution is -2.33. The molecule has 1 saturated carbocycles. The Morgan fingerprint density at radius 1 is 1.79 bits per heavy atom. The second-order valence-electron chi connectivity index (χ2n) is 3.50. The molecule has 4 nitrogen and oxygen atoms in total. The van der Waals surface area contributed by atoms with Crippen molar-refractivity contribution in [3.63, 3.8) is 0 Å². The van der Waals surface area contributed by atoms with Gasteiger partial charge in [0.1, 0.15) is 6.04 Å². The lowest BCUT2D eigenvalue weighted by molar-refractivity contribution is 0.489. The van der Waals surface area contributed by atoms with Gasteiger partial charge in [-0.15, -0.1) is 0 Å². The highest BCUT2D eigenvalue weighted by atomic mass is 79.9. The number of nitriles is 1. The molecule has 1 aliphatic carbocycles. The van der Waals surface area contributed by atoms with Crippen LogP contribution in [0.5, 0.6) is 0 Å². The summed E-state index contributed by atoms with van der Waals surface area (Å²) in [6.07, 6.45) is 5.99. The first kappa shape index (κ1) is 9.69. The van der Waals surface area contributed by atoms with Gasteiger partial charge >= 0.3 is 0 Å². The molecular formula is C9H11BrN4. The molecule has 1 atom stereocenters. The molecule has 1 aliphatic rings. The fourth-order valence-corrected chi connectivity index (χ4v) is 1.62. The van der Waals surface area contributed by atoms with Crippen LogP contribution in [-0.2, 0) is 6.54 Å². The maximum atomic E-state index is 8.91. The van der Waals surface area contributed by atoms with Crippen molar-refractivity contribution in [1.82, 2.24) is 15.1 Å². The van der Waals surface area contributed by atoms with Gasteiger partial charge in [-0.3, -0.25) is 10.00 Å². The van der Waals surface area contributed by atoms with E-state index in [1.165, 1.54) is 12.8 Å². The van der Waals surface area contributed by atoms with E-state index in [0.717, 1.165) is 4.47 Å². The zero-order valence-corrected chi connectivity index (χ0v) is 9.24. The molecule has 1 aromatic heterocycles. The smallest absolute Gasteiger partial charge is 0.115 e. The molecule has 0 bridgehead atoms. The summed E-state index contributed by atoms with van der Waals surface area (Å²) in [6, 6.07) is 2.67. The summed E-state index contributed by atoms with van der Waals surface area (Å²) in [4.78, 5) is 0. The Kier molecular flexibility index (Phi) is 2.85. The van der Waals surface area contributed by atoms with Crippen LogP contribution in [0.1, 0.15) is 12.8 Å². The third kappa shape index (κ3) is 2.56. The summed E-state index contributed by atoms with van der Waals surface area (Å²) in [5, 5.41) is 16.3. The van der Waals surface area contributed by atoms with Crippen molar-refractivity contribution in [1.29, 1.82) is 5.26 Å². The number of hydrogen-bond donors (Lipinski definition) is 1. The highest BCUT2D eigenvalue weighted by Gasteiger charge is 2.24. The molecule has 1 aromatic rings. The molecule has 14 heavy (non-hydrogen) atoms. The Hall–Kier alpha value is -0.860. The van der Waals surface area contributed by atoms with Crippen LogP contribution in [0.2, 0.25) is 0 Å². The molecule has 1 heterocycles. The van der Waals surface area contributed by atoms with Crippen molar-refractivity contribution in [2.24, 2.45) is 0 Å². The predicted octanol–water partition coefficient (Wildman–Crippen LogP) is 1.29. The third-order valence-corrected chi connectivity index (χ3v) is 2.55. The summed E-state index contributed by atoms with van der Waals surface area (Å²) < 4.78 is 2.72. The average Bonchev–Trinajstić information content (AvgIpc) is 2.89. The summed E-state index contributed by atoms with van der Waals surface area (Å²) in [6.45, 7) is 0.610. The second kappa shape index (κ2) is 4.11. The molecule has 0 aliphatic heterocycles. The molecule has 1 N–H and O–H groups in total. The van der Waals surface area contributed by atoms with Gasteiger partial charge in [0.25, 0.3) is 0 Å². The quantitative estimate of drug-likeness (QED) is 0.881. The van der Waals surface area contributed by atoms with E-state index in [0.29, 0.717) is 12.6 Å². The topological polar surface area (TPSA) is 53.6 Å². The van der Waals surface area contributed by atoms with Crippen molar-refractivity contribution in [2.45, 2.75) is 31.5 Å². The molecule has 1 fully saturated rings. The number of hydrogen-bond acceptors (Lipinski definition) is 3. The minimum absolute atomic E-state index is 0.130. The van der Waals surface area contributed by atoms with Gasteiger partial charge in [-0.05, 0) is 28.8 Å². The molecule has 0 aromatic carbocycles. The van der Waals surface area contributed by atoms with Gasteiger partial charge < -0.3 is 0 Å². The van der Waals surface area contributed by atoms with E-state index in [1.54, 1.807) is 10.9 Å². The van der Waals surface area contributed by atoms with Gasteiger partial charge in [0.2, 0.25) is 0 Å². The second-order valence-corrected chi connectivity index (χ2v) is 4.42. The van der Waals surface area contributed by atoms with Crippen LogP contribution >= 0.6 is 15.9 Å². The Bertz CT molecular complexity index is 350. The van der Waals surface area contributed by atoms with Crippen LogP contribution < -0.4 is 5.32 Å². The number of nitrogens with zero attached hydrogens (tertiary/aromatic N) is 3. The van der Waals surface area contributed by atoms with E-state index in [9.17, 15) is 0 Å². The zero-order chi connectivity index (χ0) is 9.97. The zero-order valence-electron chi connectivity index (χ0n) is 7.65. The predicted molar refractivity (Wildman–Crippen MR) is 55.5 cm³/mol. The van der Waals surface area contributed by atoms with Crippen LogP contribution in [0.25, 0.3) is 0 Å². The minimum Gasteiger partial charge on any atom is -0.298 e. The lowest BCUT2D eigenvalue weighted by atomic mass is 10.3. The van der Waals surface area contributed by atoms with Gasteiger partial charge in [-0.25, -0.2) is 0 Å². The summed E-state index contributed by atoms with van der Waals surface area (Å²) >= 11 is 3.32. The summed E-state index contributed by atoms with van der Waals surface area (Å²) in [7, 11) is 0. The van der Waals surface area contributed by atoms with Crippen molar-refractivity contribution in [3.05, 3.63) is 16.9 Å². The molecule has 2 rings (SSSR count). The molecule has 0 amide bonds. The number of aromatic nitrogens is 2. The van der Waals surface area contributed by atoms with E-state index in [4.69, 9.17) is 5.26 Å². The number of nitrogens with one attached hydrogen (secondary N) is 1. The lowest BCUT2D eigenvalue weighted by Gasteiger charge is -2.09. The number of halogens is 1. The molecule has 1 unspecified atom stereocenters. The van der Waals surface area contributed by atoms with Gasteiger partial charge in [0.15, 0.2) is 0 Å². The first-order valence-electron chi connectivity index (χ1n) is 4.61.